The SMILES string of the molecule is CCCN(CCC)c1ncc(C(=O)NC2CCS(=O)(=O)C2)cn1. The van der Waals surface area contributed by atoms with E-state index in [-0.39, 0.29) is 23.5 Å². The average Bonchev–Trinajstić information content (AvgIpc) is 2.86. The zero-order valence-corrected chi connectivity index (χ0v) is 14.5. The molecule has 1 aromatic rings. The molecule has 23 heavy (non-hydrogen) atoms. The van der Waals surface area contributed by atoms with E-state index in [0.29, 0.717) is 17.9 Å². The van der Waals surface area contributed by atoms with Crippen molar-refractivity contribution >= 4 is 21.7 Å². The molecule has 128 valence electrons. The Hall–Kier alpha value is -1.70. The standard InChI is InChI=1S/C15H24N4O3S/c1-3-6-19(7-4-2)15-16-9-12(10-17-15)14(20)18-13-5-8-23(21,22)11-13/h9-10,13H,3-8,11H2,1-2H3,(H,18,20). The quantitative estimate of drug-likeness (QED) is 0.797. The number of hydrogen-bond acceptors (Lipinski definition) is 6. The van der Waals surface area contributed by atoms with Gasteiger partial charge in [-0.1, -0.05) is 13.8 Å². The van der Waals surface area contributed by atoms with Gasteiger partial charge in [0.15, 0.2) is 9.84 Å². The second kappa shape index (κ2) is 7.72. The van der Waals surface area contributed by atoms with E-state index in [9.17, 15) is 13.2 Å². The molecule has 1 atom stereocenters. The first-order valence-electron chi connectivity index (χ1n) is 8.03. The summed E-state index contributed by atoms with van der Waals surface area (Å²) in [6.45, 7) is 5.94. The van der Waals surface area contributed by atoms with Gasteiger partial charge in [0.1, 0.15) is 0 Å². The maximum absolute atomic E-state index is 12.1. The summed E-state index contributed by atoms with van der Waals surface area (Å²) in [5, 5.41) is 2.74. The first kappa shape index (κ1) is 17.7. The van der Waals surface area contributed by atoms with Crippen LogP contribution < -0.4 is 10.2 Å². The fourth-order valence-electron chi connectivity index (χ4n) is 2.63. The highest BCUT2D eigenvalue weighted by atomic mass is 32.2. The van der Waals surface area contributed by atoms with Crippen LogP contribution in [0.1, 0.15) is 43.5 Å². The number of anilines is 1. The molecule has 1 fully saturated rings. The van der Waals surface area contributed by atoms with E-state index in [4.69, 9.17) is 0 Å². The van der Waals surface area contributed by atoms with Crippen LogP contribution in [0, 0.1) is 0 Å². The fraction of sp³-hybridized carbons (Fsp3) is 0.667. The van der Waals surface area contributed by atoms with E-state index in [2.05, 4.69) is 34.0 Å². The number of nitrogens with zero attached hydrogens (tertiary/aromatic N) is 3. The Labute approximate surface area is 137 Å². The molecule has 1 saturated heterocycles. The number of carbonyl (C=O) groups excluding carboxylic acids is 1. The molecule has 8 heteroatoms. The number of sulfone groups is 1. The summed E-state index contributed by atoms with van der Waals surface area (Å²) in [5.74, 6) is 0.444. The summed E-state index contributed by atoms with van der Waals surface area (Å²) in [5.41, 5.74) is 0.353. The van der Waals surface area contributed by atoms with E-state index >= 15 is 0 Å². The number of aromatic nitrogens is 2. The van der Waals surface area contributed by atoms with E-state index in [1.165, 1.54) is 12.4 Å². The van der Waals surface area contributed by atoms with Gasteiger partial charge in [-0.05, 0) is 19.3 Å². The highest BCUT2D eigenvalue weighted by Gasteiger charge is 2.29. The number of nitrogens with one attached hydrogen (secondary N) is 1. The van der Waals surface area contributed by atoms with Gasteiger partial charge in [-0.25, -0.2) is 18.4 Å². The molecule has 0 spiro atoms. The Bertz CT molecular complexity index is 625. The molecule has 1 aliphatic heterocycles. The van der Waals surface area contributed by atoms with Crippen molar-refractivity contribution < 1.29 is 13.2 Å². The minimum Gasteiger partial charge on any atom is -0.348 e. The van der Waals surface area contributed by atoms with Crippen molar-refractivity contribution in [2.24, 2.45) is 0 Å². The van der Waals surface area contributed by atoms with Crippen LogP contribution in [0.5, 0.6) is 0 Å². The Morgan fingerprint density at radius 1 is 1.26 bits per heavy atom. The molecule has 1 aliphatic rings. The van der Waals surface area contributed by atoms with Crippen molar-refractivity contribution in [2.75, 3.05) is 29.5 Å². The van der Waals surface area contributed by atoms with Crippen LogP contribution in [-0.2, 0) is 9.84 Å². The van der Waals surface area contributed by atoms with Gasteiger partial charge in [-0.2, -0.15) is 0 Å². The summed E-state index contributed by atoms with van der Waals surface area (Å²) in [4.78, 5) is 22.8. The molecule has 2 heterocycles. The lowest BCUT2D eigenvalue weighted by molar-refractivity contribution is 0.0940. The van der Waals surface area contributed by atoms with E-state index in [1.807, 2.05) is 0 Å². The van der Waals surface area contributed by atoms with Gasteiger partial charge in [-0.3, -0.25) is 4.79 Å². The van der Waals surface area contributed by atoms with Gasteiger partial charge in [0.25, 0.3) is 5.91 Å². The van der Waals surface area contributed by atoms with Crippen molar-refractivity contribution in [3.8, 4) is 0 Å². The molecule has 7 nitrogen and oxygen atoms in total. The van der Waals surface area contributed by atoms with Crippen molar-refractivity contribution in [1.29, 1.82) is 0 Å². The molecule has 1 unspecified atom stereocenters. The highest BCUT2D eigenvalue weighted by Crippen LogP contribution is 2.13. The van der Waals surface area contributed by atoms with Gasteiger partial charge < -0.3 is 10.2 Å². The van der Waals surface area contributed by atoms with Crippen molar-refractivity contribution in [3.05, 3.63) is 18.0 Å². The third-order valence-electron chi connectivity index (χ3n) is 3.74. The molecule has 0 aromatic carbocycles. The molecule has 1 amide bonds. The number of hydrogen-bond donors (Lipinski definition) is 1. The zero-order chi connectivity index (χ0) is 16.9. The zero-order valence-electron chi connectivity index (χ0n) is 13.7. The summed E-state index contributed by atoms with van der Waals surface area (Å²) >= 11 is 0. The lowest BCUT2D eigenvalue weighted by Gasteiger charge is -2.21. The van der Waals surface area contributed by atoms with Crippen LogP contribution in [0.2, 0.25) is 0 Å². The topological polar surface area (TPSA) is 92.3 Å². The van der Waals surface area contributed by atoms with Gasteiger partial charge >= 0.3 is 0 Å². The first-order chi connectivity index (χ1) is 10.9. The number of carbonyl (C=O) groups is 1. The van der Waals surface area contributed by atoms with E-state index in [1.54, 1.807) is 0 Å². The van der Waals surface area contributed by atoms with Gasteiger partial charge in [0.05, 0.1) is 17.1 Å². The number of rotatable bonds is 7. The summed E-state index contributed by atoms with van der Waals surface area (Å²) in [6.07, 6.45) is 5.47. The van der Waals surface area contributed by atoms with Gasteiger partial charge in [0.2, 0.25) is 5.95 Å². The molecular formula is C15H24N4O3S. The monoisotopic (exact) mass is 340 g/mol. The molecule has 0 aliphatic carbocycles. The molecular weight excluding hydrogens is 316 g/mol. The van der Waals surface area contributed by atoms with Crippen LogP contribution >= 0.6 is 0 Å². The Morgan fingerprint density at radius 3 is 2.35 bits per heavy atom. The third kappa shape index (κ3) is 4.89. The van der Waals surface area contributed by atoms with Crippen LogP contribution in [0.15, 0.2) is 12.4 Å². The van der Waals surface area contributed by atoms with Crippen molar-refractivity contribution in [2.45, 2.75) is 39.2 Å². The average molecular weight is 340 g/mol. The normalized spacial score (nSPS) is 19.5. The van der Waals surface area contributed by atoms with E-state index in [0.717, 1.165) is 25.9 Å². The summed E-state index contributed by atoms with van der Waals surface area (Å²) in [7, 11) is -3.01. The van der Waals surface area contributed by atoms with Crippen molar-refractivity contribution in [3.63, 3.8) is 0 Å². The molecule has 1 N–H and O–H groups in total. The highest BCUT2D eigenvalue weighted by molar-refractivity contribution is 7.91. The molecule has 0 radical (unpaired) electrons. The van der Waals surface area contributed by atoms with Gasteiger partial charge in [0, 0.05) is 31.5 Å². The summed E-state index contributed by atoms with van der Waals surface area (Å²) in [6, 6.07) is -0.316. The number of amides is 1. The van der Waals surface area contributed by atoms with Crippen LogP contribution in [0.25, 0.3) is 0 Å². The first-order valence-corrected chi connectivity index (χ1v) is 9.85. The lowest BCUT2D eigenvalue weighted by Crippen LogP contribution is -2.35. The molecule has 2 rings (SSSR count). The maximum Gasteiger partial charge on any atom is 0.254 e. The second-order valence-corrected chi connectivity index (χ2v) is 8.06. The predicted molar refractivity (Wildman–Crippen MR) is 89.4 cm³/mol. The predicted octanol–water partition coefficient (Wildman–Crippen LogP) is 1.02. The Kier molecular flexibility index (Phi) is 5.92. The largest absolute Gasteiger partial charge is 0.348 e. The molecule has 0 saturated carbocycles. The Morgan fingerprint density at radius 2 is 1.87 bits per heavy atom. The molecule has 1 aromatic heterocycles. The van der Waals surface area contributed by atoms with Crippen molar-refractivity contribution in [1.82, 2.24) is 15.3 Å². The van der Waals surface area contributed by atoms with Crippen LogP contribution in [0.3, 0.4) is 0 Å². The van der Waals surface area contributed by atoms with E-state index < -0.39 is 9.84 Å². The van der Waals surface area contributed by atoms with Gasteiger partial charge in [-0.15, -0.1) is 0 Å². The maximum atomic E-state index is 12.1. The van der Waals surface area contributed by atoms with Crippen LogP contribution in [-0.4, -0.2) is 54.9 Å². The minimum atomic E-state index is -3.01. The molecule has 0 bridgehead atoms. The lowest BCUT2D eigenvalue weighted by atomic mass is 10.2. The third-order valence-corrected chi connectivity index (χ3v) is 5.51. The van der Waals surface area contributed by atoms with Crippen LogP contribution in [0.4, 0.5) is 5.95 Å². The fourth-order valence-corrected chi connectivity index (χ4v) is 4.30. The summed E-state index contributed by atoms with van der Waals surface area (Å²) < 4.78 is 22.8. The smallest absolute Gasteiger partial charge is 0.254 e. The second-order valence-electron chi connectivity index (χ2n) is 5.83. The Balaban J connectivity index is 1.99. The minimum absolute atomic E-state index is 0.0124.